The van der Waals surface area contributed by atoms with Crippen molar-refractivity contribution in [3.63, 3.8) is 0 Å². The molecule has 0 aromatic heterocycles. The summed E-state index contributed by atoms with van der Waals surface area (Å²) in [6.07, 6.45) is 1.73. The van der Waals surface area contributed by atoms with Crippen LogP contribution < -0.4 is 0 Å². The fraction of sp³-hybridized carbons (Fsp3) is 0.917. The summed E-state index contributed by atoms with van der Waals surface area (Å²) in [5.41, 5.74) is 0. The zero-order valence-electron chi connectivity index (χ0n) is 11.1. The molecule has 0 aromatic carbocycles. The van der Waals surface area contributed by atoms with Crippen LogP contribution >= 0.6 is 0 Å². The van der Waals surface area contributed by atoms with Crippen LogP contribution in [0, 0.1) is 0 Å². The number of β-amino-alcohol motifs (C(OH)–C–C–N with tert-alkyl or cyclic N) is 1. The maximum Gasteiger partial charge on any atom is 0.223 e. The third kappa shape index (κ3) is 5.48. The lowest BCUT2D eigenvalue weighted by Crippen LogP contribution is -2.34. The Morgan fingerprint density at radius 3 is 2.24 bits per heavy atom. The Morgan fingerprint density at radius 1 is 1.12 bits per heavy atom. The second-order valence-electron chi connectivity index (χ2n) is 4.80. The van der Waals surface area contributed by atoms with Crippen molar-refractivity contribution in [2.75, 3.05) is 60.0 Å². The number of carbonyl (C=O) groups is 1. The van der Waals surface area contributed by atoms with Crippen molar-refractivity contribution in [1.29, 1.82) is 0 Å². The molecule has 1 rings (SSSR count). The molecular formula is C12H25N3O2. The molecular weight excluding hydrogens is 218 g/mol. The van der Waals surface area contributed by atoms with Crippen LogP contribution in [-0.2, 0) is 4.79 Å². The molecule has 1 aliphatic rings. The fourth-order valence-electron chi connectivity index (χ4n) is 2.09. The van der Waals surface area contributed by atoms with Crippen molar-refractivity contribution in [2.24, 2.45) is 0 Å². The van der Waals surface area contributed by atoms with Crippen LogP contribution in [0.2, 0.25) is 0 Å². The van der Waals surface area contributed by atoms with Crippen LogP contribution in [0.5, 0.6) is 0 Å². The van der Waals surface area contributed by atoms with Crippen LogP contribution in [0.4, 0.5) is 0 Å². The van der Waals surface area contributed by atoms with Crippen molar-refractivity contribution in [3.05, 3.63) is 0 Å². The van der Waals surface area contributed by atoms with Crippen molar-refractivity contribution >= 4 is 5.91 Å². The van der Waals surface area contributed by atoms with E-state index >= 15 is 0 Å². The second-order valence-corrected chi connectivity index (χ2v) is 4.80. The van der Waals surface area contributed by atoms with Crippen molar-refractivity contribution in [3.8, 4) is 0 Å². The maximum atomic E-state index is 11.5. The van der Waals surface area contributed by atoms with E-state index in [9.17, 15) is 4.79 Å². The Morgan fingerprint density at radius 2 is 1.71 bits per heavy atom. The first-order valence-corrected chi connectivity index (χ1v) is 6.39. The minimum atomic E-state index is 0.196. The van der Waals surface area contributed by atoms with E-state index in [1.165, 1.54) is 0 Å². The second kappa shape index (κ2) is 7.63. The zero-order valence-corrected chi connectivity index (χ0v) is 11.1. The Hall–Kier alpha value is -0.650. The normalized spacial score (nSPS) is 19.0. The summed E-state index contributed by atoms with van der Waals surface area (Å²) >= 11 is 0. The van der Waals surface area contributed by atoms with Gasteiger partial charge in [-0.1, -0.05) is 0 Å². The van der Waals surface area contributed by atoms with Gasteiger partial charge in [-0.15, -0.1) is 0 Å². The van der Waals surface area contributed by atoms with Crippen LogP contribution in [0.3, 0.4) is 0 Å². The summed E-state index contributed by atoms with van der Waals surface area (Å²) in [6, 6.07) is 0. The number of amides is 1. The van der Waals surface area contributed by atoms with E-state index in [1.807, 2.05) is 0 Å². The molecule has 1 N–H and O–H groups in total. The Bertz CT molecular complexity index is 234. The summed E-state index contributed by atoms with van der Waals surface area (Å²) in [5, 5.41) is 8.91. The predicted octanol–water partition coefficient (Wildman–Crippen LogP) is -0.535. The monoisotopic (exact) mass is 243 g/mol. The van der Waals surface area contributed by atoms with Crippen molar-refractivity contribution in [2.45, 2.75) is 12.8 Å². The van der Waals surface area contributed by atoms with Crippen LogP contribution in [0.15, 0.2) is 0 Å². The SMILES string of the molecule is CN(C)C(=O)CCN1CCCN(CCO)CC1. The first-order chi connectivity index (χ1) is 8.13. The number of hydrogen-bond acceptors (Lipinski definition) is 4. The molecule has 1 amide bonds. The average Bonchev–Trinajstić information content (AvgIpc) is 2.52. The molecule has 1 aliphatic heterocycles. The molecule has 0 unspecified atom stereocenters. The molecule has 1 saturated heterocycles. The van der Waals surface area contributed by atoms with E-state index in [1.54, 1.807) is 19.0 Å². The van der Waals surface area contributed by atoms with Gasteiger partial charge in [-0.2, -0.15) is 0 Å². The Balaban J connectivity index is 2.24. The lowest BCUT2D eigenvalue weighted by atomic mass is 10.3. The van der Waals surface area contributed by atoms with E-state index in [-0.39, 0.29) is 12.5 Å². The van der Waals surface area contributed by atoms with E-state index in [2.05, 4.69) is 9.80 Å². The highest BCUT2D eigenvalue weighted by atomic mass is 16.3. The minimum absolute atomic E-state index is 0.196. The summed E-state index contributed by atoms with van der Waals surface area (Å²) in [7, 11) is 3.60. The predicted molar refractivity (Wildman–Crippen MR) is 67.9 cm³/mol. The Labute approximate surface area is 104 Å². The number of aliphatic hydroxyl groups is 1. The summed E-state index contributed by atoms with van der Waals surface area (Å²) in [6.45, 7) is 5.96. The highest BCUT2D eigenvalue weighted by Crippen LogP contribution is 2.03. The number of rotatable bonds is 5. The molecule has 0 bridgehead atoms. The molecule has 0 spiro atoms. The number of hydrogen-bond donors (Lipinski definition) is 1. The van der Waals surface area contributed by atoms with Gasteiger partial charge in [-0.05, 0) is 19.5 Å². The number of aliphatic hydroxyl groups excluding tert-OH is 1. The van der Waals surface area contributed by atoms with Crippen molar-refractivity contribution in [1.82, 2.24) is 14.7 Å². The van der Waals surface area contributed by atoms with Gasteiger partial charge in [0.2, 0.25) is 5.91 Å². The lowest BCUT2D eigenvalue weighted by Gasteiger charge is -2.21. The average molecular weight is 243 g/mol. The quantitative estimate of drug-likeness (QED) is 0.705. The molecule has 0 aromatic rings. The van der Waals surface area contributed by atoms with Gasteiger partial charge in [0, 0.05) is 46.7 Å². The maximum absolute atomic E-state index is 11.5. The highest BCUT2D eigenvalue weighted by Gasteiger charge is 2.15. The van der Waals surface area contributed by atoms with Gasteiger partial charge in [0.05, 0.1) is 6.61 Å². The third-order valence-electron chi connectivity index (χ3n) is 3.24. The summed E-state index contributed by atoms with van der Waals surface area (Å²) in [5.74, 6) is 0.196. The standard InChI is InChI=1S/C12H25N3O2/c1-13(2)12(17)4-7-14-5-3-6-15(9-8-14)10-11-16/h16H,3-11H2,1-2H3. The zero-order chi connectivity index (χ0) is 12.7. The smallest absolute Gasteiger partial charge is 0.223 e. The summed E-state index contributed by atoms with van der Waals surface area (Å²) < 4.78 is 0. The Kier molecular flexibility index (Phi) is 6.47. The van der Waals surface area contributed by atoms with Crippen LogP contribution in [-0.4, -0.2) is 85.7 Å². The minimum Gasteiger partial charge on any atom is -0.395 e. The molecule has 0 atom stereocenters. The first-order valence-electron chi connectivity index (χ1n) is 6.39. The van der Waals surface area contributed by atoms with Gasteiger partial charge in [0.15, 0.2) is 0 Å². The number of nitrogens with zero attached hydrogens (tertiary/aromatic N) is 3. The molecule has 0 radical (unpaired) electrons. The van der Waals surface area contributed by atoms with E-state index in [4.69, 9.17) is 5.11 Å². The van der Waals surface area contributed by atoms with E-state index in [0.717, 1.165) is 45.7 Å². The van der Waals surface area contributed by atoms with Crippen LogP contribution in [0.25, 0.3) is 0 Å². The summed E-state index contributed by atoms with van der Waals surface area (Å²) in [4.78, 5) is 17.8. The molecule has 100 valence electrons. The molecule has 0 aliphatic carbocycles. The van der Waals surface area contributed by atoms with Gasteiger partial charge in [-0.25, -0.2) is 0 Å². The van der Waals surface area contributed by atoms with Gasteiger partial charge < -0.3 is 14.9 Å². The molecule has 1 heterocycles. The van der Waals surface area contributed by atoms with Gasteiger partial charge in [0.25, 0.3) is 0 Å². The molecule has 1 fully saturated rings. The molecule has 17 heavy (non-hydrogen) atoms. The van der Waals surface area contributed by atoms with E-state index < -0.39 is 0 Å². The van der Waals surface area contributed by atoms with Crippen LogP contribution in [0.1, 0.15) is 12.8 Å². The largest absolute Gasteiger partial charge is 0.395 e. The third-order valence-corrected chi connectivity index (χ3v) is 3.24. The molecule has 0 saturated carbocycles. The van der Waals surface area contributed by atoms with Gasteiger partial charge in [0.1, 0.15) is 0 Å². The van der Waals surface area contributed by atoms with Gasteiger partial charge >= 0.3 is 0 Å². The topological polar surface area (TPSA) is 47.0 Å². The first kappa shape index (κ1) is 14.4. The molecule has 5 heteroatoms. The van der Waals surface area contributed by atoms with E-state index in [0.29, 0.717) is 6.42 Å². The fourth-order valence-corrected chi connectivity index (χ4v) is 2.09. The van der Waals surface area contributed by atoms with Gasteiger partial charge in [-0.3, -0.25) is 9.69 Å². The molecule has 5 nitrogen and oxygen atoms in total. The highest BCUT2D eigenvalue weighted by molar-refractivity contribution is 5.75. The number of carbonyl (C=O) groups excluding carboxylic acids is 1. The lowest BCUT2D eigenvalue weighted by molar-refractivity contribution is -0.129. The van der Waals surface area contributed by atoms with Crippen molar-refractivity contribution < 1.29 is 9.90 Å².